The molecule has 17 heavy (non-hydrogen) atoms. The molecule has 3 rings (SSSR count). The molecule has 8 nitrogen and oxygen atoms in total. The minimum absolute atomic E-state index is 0.0875. The van der Waals surface area contributed by atoms with Gasteiger partial charge in [0.25, 0.3) is 0 Å². The summed E-state index contributed by atoms with van der Waals surface area (Å²) < 4.78 is 1.40. The number of aromatic amines is 1. The number of nitrogens with zero attached hydrogens (tertiary/aromatic N) is 6. The number of hydrogen-bond donors (Lipinski definition) is 2. The number of benzene rings is 1. The molecule has 0 unspecified atom stereocenters. The van der Waals surface area contributed by atoms with Crippen LogP contribution in [0.4, 0.5) is 0 Å². The summed E-state index contributed by atoms with van der Waals surface area (Å²) in [4.78, 5) is 0. The van der Waals surface area contributed by atoms with Gasteiger partial charge in [-0.25, -0.2) is 0 Å². The summed E-state index contributed by atoms with van der Waals surface area (Å²) in [6.07, 6.45) is 1.50. The average molecular weight is 229 g/mol. The summed E-state index contributed by atoms with van der Waals surface area (Å²) in [6, 6.07) is 6.77. The Hall–Kier alpha value is -2.77. The van der Waals surface area contributed by atoms with Gasteiger partial charge in [0.1, 0.15) is 11.4 Å². The summed E-state index contributed by atoms with van der Waals surface area (Å²) in [5.74, 6) is 0.491. The predicted molar refractivity (Wildman–Crippen MR) is 56.2 cm³/mol. The fourth-order valence-corrected chi connectivity index (χ4v) is 1.46. The van der Waals surface area contributed by atoms with E-state index in [1.165, 1.54) is 10.9 Å². The zero-order valence-corrected chi connectivity index (χ0v) is 8.52. The van der Waals surface area contributed by atoms with Gasteiger partial charge < -0.3 is 5.11 Å². The van der Waals surface area contributed by atoms with Gasteiger partial charge >= 0.3 is 0 Å². The first kappa shape index (κ1) is 9.46. The topological polar surface area (TPSA) is 105 Å². The van der Waals surface area contributed by atoms with Gasteiger partial charge in [-0.2, -0.15) is 20.1 Å². The molecule has 2 aromatic heterocycles. The van der Waals surface area contributed by atoms with Crippen molar-refractivity contribution in [2.24, 2.45) is 0 Å². The Morgan fingerprint density at radius 1 is 1.24 bits per heavy atom. The third-order valence-corrected chi connectivity index (χ3v) is 2.22. The Morgan fingerprint density at radius 2 is 2.12 bits per heavy atom. The number of hydrogen-bond acceptors (Lipinski definition) is 6. The monoisotopic (exact) mass is 229 g/mol. The van der Waals surface area contributed by atoms with Crippen molar-refractivity contribution < 1.29 is 5.11 Å². The van der Waals surface area contributed by atoms with Crippen molar-refractivity contribution in [1.29, 1.82) is 0 Å². The van der Waals surface area contributed by atoms with Gasteiger partial charge in [-0.15, -0.1) is 5.10 Å². The molecule has 0 amide bonds. The Balaban J connectivity index is 2.17. The number of phenolic OH excluding ortho intramolecular Hbond substituents is 1. The first-order chi connectivity index (χ1) is 8.36. The molecule has 0 spiro atoms. The van der Waals surface area contributed by atoms with E-state index < -0.39 is 0 Å². The van der Waals surface area contributed by atoms with Crippen LogP contribution in [0.15, 0.2) is 30.5 Å². The van der Waals surface area contributed by atoms with Crippen LogP contribution < -0.4 is 0 Å². The largest absolute Gasteiger partial charge is 0.506 e. The second-order valence-corrected chi connectivity index (χ2v) is 3.26. The lowest BCUT2D eigenvalue weighted by atomic mass is 10.3. The molecule has 0 saturated carbocycles. The standard InChI is InChI=1S/C9H7N7O/c17-8-4-2-1-3-7(8)16-9(12-14-15-16)6-5-10-13-11-6/h1-5,17H,(H,10,11,13). The number of para-hydroxylation sites is 2. The van der Waals surface area contributed by atoms with Crippen LogP contribution in [0.2, 0.25) is 0 Å². The first-order valence-electron chi connectivity index (χ1n) is 4.79. The third kappa shape index (κ3) is 1.51. The molecule has 3 aromatic rings. The van der Waals surface area contributed by atoms with Gasteiger partial charge in [0.15, 0.2) is 5.69 Å². The van der Waals surface area contributed by atoms with Crippen LogP contribution >= 0.6 is 0 Å². The summed E-state index contributed by atoms with van der Waals surface area (Å²) >= 11 is 0. The van der Waals surface area contributed by atoms with Crippen molar-refractivity contribution in [1.82, 2.24) is 35.6 Å². The molecule has 1 aromatic carbocycles. The second kappa shape index (κ2) is 3.67. The molecular formula is C9H7N7O. The van der Waals surface area contributed by atoms with E-state index in [0.717, 1.165) is 0 Å². The van der Waals surface area contributed by atoms with Gasteiger partial charge in [0.05, 0.1) is 6.20 Å². The fourth-order valence-electron chi connectivity index (χ4n) is 1.46. The molecule has 0 aliphatic carbocycles. The lowest BCUT2D eigenvalue weighted by Crippen LogP contribution is -2.00. The predicted octanol–water partition coefficient (Wildman–Crippen LogP) is 0.153. The lowest BCUT2D eigenvalue weighted by Gasteiger charge is -2.03. The lowest BCUT2D eigenvalue weighted by molar-refractivity contribution is 0.470. The van der Waals surface area contributed by atoms with Crippen LogP contribution in [0.25, 0.3) is 17.2 Å². The average Bonchev–Trinajstić information content (AvgIpc) is 3.00. The van der Waals surface area contributed by atoms with Crippen molar-refractivity contribution in [3.05, 3.63) is 30.5 Å². The minimum Gasteiger partial charge on any atom is -0.506 e. The van der Waals surface area contributed by atoms with E-state index in [2.05, 4.69) is 30.9 Å². The molecule has 0 bridgehead atoms. The molecule has 0 saturated heterocycles. The third-order valence-electron chi connectivity index (χ3n) is 2.22. The van der Waals surface area contributed by atoms with E-state index in [0.29, 0.717) is 17.2 Å². The summed E-state index contributed by atoms with van der Waals surface area (Å²) in [5.41, 5.74) is 0.980. The van der Waals surface area contributed by atoms with Crippen molar-refractivity contribution >= 4 is 0 Å². The molecule has 0 fully saturated rings. The number of rotatable bonds is 2. The van der Waals surface area contributed by atoms with E-state index in [1.807, 2.05) is 0 Å². The maximum absolute atomic E-state index is 9.74. The Kier molecular flexibility index (Phi) is 2.04. The normalized spacial score (nSPS) is 10.6. The zero-order chi connectivity index (χ0) is 11.7. The Labute approximate surface area is 94.9 Å². The van der Waals surface area contributed by atoms with Crippen molar-refractivity contribution in [2.75, 3.05) is 0 Å². The summed E-state index contributed by atoms with van der Waals surface area (Å²) in [6.45, 7) is 0. The quantitative estimate of drug-likeness (QED) is 0.648. The van der Waals surface area contributed by atoms with Crippen molar-refractivity contribution in [3.63, 3.8) is 0 Å². The number of tetrazole rings is 1. The van der Waals surface area contributed by atoms with Gasteiger partial charge in [0, 0.05) is 0 Å². The van der Waals surface area contributed by atoms with Gasteiger partial charge in [-0.1, -0.05) is 12.1 Å². The highest BCUT2D eigenvalue weighted by Crippen LogP contribution is 2.23. The molecule has 2 N–H and O–H groups in total. The summed E-state index contributed by atoms with van der Waals surface area (Å²) in [5, 5.41) is 31.0. The smallest absolute Gasteiger partial charge is 0.209 e. The molecule has 8 heteroatoms. The highest BCUT2D eigenvalue weighted by atomic mass is 16.3. The minimum atomic E-state index is 0.0875. The number of aromatic nitrogens is 7. The maximum Gasteiger partial charge on any atom is 0.209 e. The van der Waals surface area contributed by atoms with Crippen LogP contribution in [0.5, 0.6) is 5.75 Å². The van der Waals surface area contributed by atoms with Gasteiger partial charge in [0.2, 0.25) is 5.82 Å². The molecule has 2 heterocycles. The zero-order valence-electron chi connectivity index (χ0n) is 8.52. The van der Waals surface area contributed by atoms with E-state index in [-0.39, 0.29) is 5.75 Å². The van der Waals surface area contributed by atoms with Gasteiger partial charge in [-0.05, 0) is 22.6 Å². The highest BCUT2D eigenvalue weighted by Gasteiger charge is 2.14. The highest BCUT2D eigenvalue weighted by molar-refractivity contribution is 5.54. The van der Waals surface area contributed by atoms with E-state index in [4.69, 9.17) is 0 Å². The van der Waals surface area contributed by atoms with E-state index in [9.17, 15) is 5.11 Å². The molecule has 0 aliphatic rings. The molecule has 0 atom stereocenters. The Morgan fingerprint density at radius 3 is 2.88 bits per heavy atom. The number of phenols is 1. The Bertz CT molecular complexity index is 630. The molecular weight excluding hydrogens is 222 g/mol. The SMILES string of the molecule is Oc1ccccc1-n1nnnc1-c1cn[nH]n1. The van der Waals surface area contributed by atoms with Gasteiger partial charge in [-0.3, -0.25) is 0 Å². The van der Waals surface area contributed by atoms with Crippen molar-refractivity contribution in [3.8, 4) is 23.0 Å². The summed E-state index contributed by atoms with van der Waals surface area (Å²) in [7, 11) is 0. The number of nitrogens with one attached hydrogen (secondary N) is 1. The first-order valence-corrected chi connectivity index (χ1v) is 4.79. The van der Waals surface area contributed by atoms with Crippen LogP contribution in [0.3, 0.4) is 0 Å². The molecule has 0 radical (unpaired) electrons. The maximum atomic E-state index is 9.74. The van der Waals surface area contributed by atoms with Crippen LogP contribution in [0, 0.1) is 0 Å². The molecule has 0 aliphatic heterocycles. The fraction of sp³-hybridized carbons (Fsp3) is 0. The second-order valence-electron chi connectivity index (χ2n) is 3.26. The van der Waals surface area contributed by atoms with Crippen LogP contribution in [-0.2, 0) is 0 Å². The van der Waals surface area contributed by atoms with E-state index >= 15 is 0 Å². The van der Waals surface area contributed by atoms with Crippen molar-refractivity contribution in [2.45, 2.75) is 0 Å². The number of aromatic hydroxyl groups is 1. The molecule has 84 valence electrons. The van der Waals surface area contributed by atoms with E-state index in [1.54, 1.807) is 24.3 Å². The van der Waals surface area contributed by atoms with Crippen LogP contribution in [0.1, 0.15) is 0 Å². The van der Waals surface area contributed by atoms with Crippen LogP contribution in [-0.4, -0.2) is 40.7 Å². The number of H-pyrrole nitrogens is 1.